The minimum Gasteiger partial charge on any atom is -0.381 e. The van der Waals surface area contributed by atoms with Gasteiger partial charge >= 0.3 is 0 Å². The summed E-state index contributed by atoms with van der Waals surface area (Å²) in [6, 6.07) is 4.88. The van der Waals surface area contributed by atoms with Crippen LogP contribution in [0.15, 0.2) is 24.5 Å². The van der Waals surface area contributed by atoms with Gasteiger partial charge in [0, 0.05) is 36.8 Å². The summed E-state index contributed by atoms with van der Waals surface area (Å²) in [5.41, 5.74) is 0.738. The van der Waals surface area contributed by atoms with Gasteiger partial charge in [0.2, 0.25) is 0 Å². The van der Waals surface area contributed by atoms with E-state index in [2.05, 4.69) is 15.3 Å². The summed E-state index contributed by atoms with van der Waals surface area (Å²) >= 11 is 0. The first-order valence-corrected chi connectivity index (χ1v) is 6.47. The van der Waals surface area contributed by atoms with Gasteiger partial charge in [-0.1, -0.05) is 0 Å². The maximum Gasteiger partial charge on any atom is 0.270 e. The molecule has 104 valence electrons. The number of non-ortho nitro benzene ring substituents is 1. The molecule has 1 N–H and O–H groups in total. The summed E-state index contributed by atoms with van der Waals surface area (Å²) in [6.45, 7) is 1.45. The first-order valence-electron chi connectivity index (χ1n) is 6.47. The molecule has 0 amide bonds. The van der Waals surface area contributed by atoms with Crippen molar-refractivity contribution in [3.05, 3.63) is 34.6 Å². The Balaban J connectivity index is 1.96. The number of rotatable bonds is 3. The highest BCUT2D eigenvalue weighted by Crippen LogP contribution is 2.25. The Bertz CT molecular complexity index is 641. The molecule has 7 nitrogen and oxygen atoms in total. The molecular formula is C13H14N4O3. The lowest BCUT2D eigenvalue weighted by Gasteiger charge is -2.24. The van der Waals surface area contributed by atoms with Crippen molar-refractivity contribution in [2.24, 2.45) is 0 Å². The Kier molecular flexibility index (Phi) is 3.42. The van der Waals surface area contributed by atoms with E-state index in [-0.39, 0.29) is 11.7 Å². The highest BCUT2D eigenvalue weighted by Gasteiger charge is 2.16. The number of hydrogen-bond donors (Lipinski definition) is 1. The monoisotopic (exact) mass is 274 g/mol. The van der Waals surface area contributed by atoms with Gasteiger partial charge in [-0.2, -0.15) is 0 Å². The van der Waals surface area contributed by atoms with E-state index in [0.29, 0.717) is 16.7 Å². The standard InChI is InChI=1S/C13H14N4O3/c18-17(19)10-1-2-12-11(7-10)13(15-8-14-12)16-9-3-5-20-6-4-9/h1-2,7-9H,3-6H2,(H,14,15,16). The highest BCUT2D eigenvalue weighted by molar-refractivity contribution is 5.90. The van der Waals surface area contributed by atoms with Crippen LogP contribution in [-0.4, -0.2) is 34.1 Å². The maximum atomic E-state index is 10.9. The number of nitrogens with zero attached hydrogens (tertiary/aromatic N) is 3. The molecule has 2 aromatic rings. The SMILES string of the molecule is O=[N+]([O-])c1ccc2ncnc(NC3CCOCC3)c2c1. The number of ether oxygens (including phenoxy) is 1. The quantitative estimate of drug-likeness (QED) is 0.681. The number of nitro benzene ring substituents is 1. The second kappa shape index (κ2) is 5.38. The summed E-state index contributed by atoms with van der Waals surface area (Å²) < 4.78 is 5.31. The molecule has 1 fully saturated rings. The Morgan fingerprint density at radius 3 is 2.85 bits per heavy atom. The van der Waals surface area contributed by atoms with Crippen molar-refractivity contribution in [3.8, 4) is 0 Å². The van der Waals surface area contributed by atoms with Gasteiger partial charge < -0.3 is 10.1 Å². The molecule has 1 aliphatic rings. The lowest BCUT2D eigenvalue weighted by molar-refractivity contribution is -0.384. The van der Waals surface area contributed by atoms with Crippen LogP contribution < -0.4 is 5.32 Å². The Labute approximate surface area is 115 Å². The van der Waals surface area contributed by atoms with Crippen molar-refractivity contribution in [1.82, 2.24) is 9.97 Å². The molecule has 0 spiro atoms. The van der Waals surface area contributed by atoms with Crippen LogP contribution in [0.1, 0.15) is 12.8 Å². The van der Waals surface area contributed by atoms with Gasteiger partial charge in [0.05, 0.1) is 10.4 Å². The zero-order valence-corrected chi connectivity index (χ0v) is 10.8. The maximum absolute atomic E-state index is 10.9. The normalized spacial score (nSPS) is 16.2. The lowest BCUT2D eigenvalue weighted by Crippen LogP contribution is -2.28. The van der Waals surface area contributed by atoms with Gasteiger partial charge in [0.1, 0.15) is 12.1 Å². The Morgan fingerprint density at radius 2 is 2.10 bits per heavy atom. The highest BCUT2D eigenvalue weighted by atomic mass is 16.6. The molecule has 7 heteroatoms. The number of anilines is 1. The fourth-order valence-corrected chi connectivity index (χ4v) is 2.31. The third kappa shape index (κ3) is 2.53. The molecule has 0 bridgehead atoms. The van der Waals surface area contributed by atoms with E-state index in [0.717, 1.165) is 26.1 Å². The number of benzene rings is 1. The van der Waals surface area contributed by atoms with Gasteiger partial charge in [-0.15, -0.1) is 0 Å². The fourth-order valence-electron chi connectivity index (χ4n) is 2.31. The van der Waals surface area contributed by atoms with Crippen LogP contribution in [0.5, 0.6) is 0 Å². The minimum atomic E-state index is -0.412. The van der Waals surface area contributed by atoms with Gasteiger partial charge in [-0.05, 0) is 18.9 Å². The van der Waals surface area contributed by atoms with Crippen LogP contribution in [0.4, 0.5) is 11.5 Å². The van der Waals surface area contributed by atoms with Crippen LogP contribution in [0.2, 0.25) is 0 Å². The average molecular weight is 274 g/mol. The van der Waals surface area contributed by atoms with Gasteiger partial charge in [-0.3, -0.25) is 10.1 Å². The van der Waals surface area contributed by atoms with E-state index in [1.807, 2.05) is 0 Å². The van der Waals surface area contributed by atoms with Crippen LogP contribution in [0, 0.1) is 10.1 Å². The summed E-state index contributed by atoms with van der Waals surface area (Å²) in [5.74, 6) is 0.644. The molecule has 2 heterocycles. The summed E-state index contributed by atoms with van der Waals surface area (Å²) in [4.78, 5) is 18.8. The topological polar surface area (TPSA) is 90.2 Å². The summed E-state index contributed by atoms with van der Waals surface area (Å²) in [6.07, 6.45) is 3.27. The third-order valence-corrected chi connectivity index (χ3v) is 3.39. The number of aromatic nitrogens is 2. The van der Waals surface area contributed by atoms with Crippen molar-refractivity contribution < 1.29 is 9.66 Å². The first kappa shape index (κ1) is 12.7. The van der Waals surface area contributed by atoms with Gasteiger partial charge in [0.15, 0.2) is 0 Å². The molecule has 0 unspecified atom stereocenters. The van der Waals surface area contributed by atoms with E-state index in [1.54, 1.807) is 6.07 Å². The van der Waals surface area contributed by atoms with Crippen LogP contribution in [-0.2, 0) is 4.74 Å². The zero-order valence-electron chi connectivity index (χ0n) is 10.8. The molecule has 3 rings (SSSR count). The third-order valence-electron chi connectivity index (χ3n) is 3.39. The van der Waals surface area contributed by atoms with E-state index >= 15 is 0 Å². The van der Waals surface area contributed by atoms with Gasteiger partial charge in [0.25, 0.3) is 5.69 Å². The van der Waals surface area contributed by atoms with E-state index in [9.17, 15) is 10.1 Å². The van der Waals surface area contributed by atoms with Crippen LogP contribution in [0.3, 0.4) is 0 Å². The van der Waals surface area contributed by atoms with E-state index in [1.165, 1.54) is 18.5 Å². The lowest BCUT2D eigenvalue weighted by atomic mass is 10.1. The summed E-state index contributed by atoms with van der Waals surface area (Å²) in [5, 5.41) is 14.9. The number of nitrogens with one attached hydrogen (secondary N) is 1. The molecule has 0 saturated carbocycles. The zero-order chi connectivity index (χ0) is 13.9. The minimum absolute atomic E-state index is 0.0438. The van der Waals surface area contributed by atoms with Crippen molar-refractivity contribution in [1.29, 1.82) is 0 Å². The molecule has 1 aromatic carbocycles. The predicted octanol–water partition coefficient (Wildman–Crippen LogP) is 2.13. The molecule has 1 saturated heterocycles. The smallest absolute Gasteiger partial charge is 0.270 e. The number of nitro groups is 1. The molecule has 0 radical (unpaired) electrons. The number of hydrogen-bond acceptors (Lipinski definition) is 6. The second-order valence-corrected chi connectivity index (χ2v) is 4.71. The van der Waals surface area contributed by atoms with Crippen molar-refractivity contribution >= 4 is 22.4 Å². The average Bonchev–Trinajstić information content (AvgIpc) is 2.48. The Morgan fingerprint density at radius 1 is 1.30 bits per heavy atom. The van der Waals surface area contributed by atoms with Crippen LogP contribution >= 0.6 is 0 Å². The molecule has 20 heavy (non-hydrogen) atoms. The summed E-state index contributed by atoms with van der Waals surface area (Å²) in [7, 11) is 0. The largest absolute Gasteiger partial charge is 0.381 e. The van der Waals surface area contributed by atoms with Crippen LogP contribution in [0.25, 0.3) is 10.9 Å². The molecule has 0 atom stereocenters. The predicted molar refractivity (Wildman–Crippen MR) is 73.7 cm³/mol. The molecular weight excluding hydrogens is 260 g/mol. The second-order valence-electron chi connectivity index (χ2n) is 4.71. The number of fused-ring (bicyclic) bond motifs is 1. The van der Waals surface area contributed by atoms with E-state index < -0.39 is 4.92 Å². The van der Waals surface area contributed by atoms with Crippen molar-refractivity contribution in [2.45, 2.75) is 18.9 Å². The van der Waals surface area contributed by atoms with Gasteiger partial charge in [-0.25, -0.2) is 9.97 Å². The molecule has 1 aliphatic heterocycles. The van der Waals surface area contributed by atoms with E-state index in [4.69, 9.17) is 4.74 Å². The first-order chi connectivity index (χ1) is 9.74. The van der Waals surface area contributed by atoms with Crippen molar-refractivity contribution in [2.75, 3.05) is 18.5 Å². The molecule has 1 aromatic heterocycles. The fraction of sp³-hybridized carbons (Fsp3) is 0.385. The molecule has 0 aliphatic carbocycles. The van der Waals surface area contributed by atoms with Crippen molar-refractivity contribution in [3.63, 3.8) is 0 Å². The Hall–Kier alpha value is -2.28.